The number of carbonyl (C=O) groups excluding carboxylic acids is 2. The molecule has 0 aromatic rings. The predicted molar refractivity (Wildman–Crippen MR) is 42.4 cm³/mol. The molecule has 0 heterocycles. The molecule has 68 valence electrons. The first-order chi connectivity index (χ1) is 5.60. The third kappa shape index (κ3) is 1.48. The molecule has 0 spiro atoms. The molecule has 0 aromatic heterocycles. The maximum absolute atomic E-state index is 11.0. The summed E-state index contributed by atoms with van der Waals surface area (Å²) in [4.78, 5) is 22.0. The minimum atomic E-state index is -0.716. The van der Waals surface area contributed by atoms with Gasteiger partial charge in [-0.1, -0.05) is 0 Å². The number of rotatable bonds is 3. The highest BCUT2D eigenvalue weighted by atomic mass is 16.5. The Morgan fingerprint density at radius 1 is 1.75 bits per heavy atom. The largest absolute Gasteiger partial charge is 0.384 e. The lowest BCUT2D eigenvalue weighted by atomic mass is 9.86. The van der Waals surface area contributed by atoms with Crippen molar-refractivity contribution in [1.82, 2.24) is 0 Å². The van der Waals surface area contributed by atoms with Crippen LogP contribution in [0.2, 0.25) is 0 Å². The molecule has 1 unspecified atom stereocenters. The van der Waals surface area contributed by atoms with Crippen LogP contribution in [-0.2, 0) is 14.3 Å². The van der Waals surface area contributed by atoms with Gasteiger partial charge in [-0.3, -0.25) is 9.59 Å². The van der Waals surface area contributed by atoms with E-state index in [9.17, 15) is 9.59 Å². The van der Waals surface area contributed by atoms with Crippen molar-refractivity contribution in [2.75, 3.05) is 13.7 Å². The van der Waals surface area contributed by atoms with Gasteiger partial charge in [0.2, 0.25) is 5.91 Å². The highest BCUT2D eigenvalue weighted by Gasteiger charge is 2.43. The Labute approximate surface area is 71.1 Å². The van der Waals surface area contributed by atoms with E-state index in [4.69, 9.17) is 10.5 Å². The zero-order valence-corrected chi connectivity index (χ0v) is 7.13. The summed E-state index contributed by atoms with van der Waals surface area (Å²) >= 11 is 0. The summed E-state index contributed by atoms with van der Waals surface area (Å²) < 4.78 is 4.89. The van der Waals surface area contributed by atoms with Gasteiger partial charge in [-0.15, -0.1) is 0 Å². The molecule has 2 N–H and O–H groups in total. The van der Waals surface area contributed by atoms with Crippen molar-refractivity contribution >= 4 is 11.7 Å². The zero-order chi connectivity index (χ0) is 9.19. The molecule has 12 heavy (non-hydrogen) atoms. The smallest absolute Gasteiger partial charge is 0.226 e. The second-order valence-corrected chi connectivity index (χ2v) is 3.29. The van der Waals surface area contributed by atoms with E-state index in [1.165, 1.54) is 7.11 Å². The van der Waals surface area contributed by atoms with Crippen molar-refractivity contribution in [3.8, 4) is 0 Å². The molecule has 0 saturated heterocycles. The van der Waals surface area contributed by atoms with E-state index < -0.39 is 11.3 Å². The van der Waals surface area contributed by atoms with Gasteiger partial charge in [0.05, 0.1) is 12.0 Å². The molecule has 1 amide bonds. The summed E-state index contributed by atoms with van der Waals surface area (Å²) in [5.41, 5.74) is 4.49. The van der Waals surface area contributed by atoms with E-state index in [0.29, 0.717) is 12.8 Å². The third-order valence-electron chi connectivity index (χ3n) is 2.36. The fourth-order valence-electron chi connectivity index (χ4n) is 1.61. The van der Waals surface area contributed by atoms with Crippen LogP contribution in [0.25, 0.3) is 0 Å². The molecule has 0 radical (unpaired) electrons. The van der Waals surface area contributed by atoms with E-state index in [2.05, 4.69) is 0 Å². The number of ether oxygens (including phenoxy) is 1. The lowest BCUT2D eigenvalue weighted by Crippen LogP contribution is -2.38. The van der Waals surface area contributed by atoms with Crippen LogP contribution in [-0.4, -0.2) is 25.4 Å². The Morgan fingerprint density at radius 2 is 2.42 bits per heavy atom. The maximum Gasteiger partial charge on any atom is 0.226 e. The first-order valence-electron chi connectivity index (χ1n) is 3.91. The molecular weight excluding hydrogens is 158 g/mol. The van der Waals surface area contributed by atoms with Crippen molar-refractivity contribution in [3.63, 3.8) is 0 Å². The average molecular weight is 171 g/mol. The van der Waals surface area contributed by atoms with Gasteiger partial charge in [0, 0.05) is 20.0 Å². The average Bonchev–Trinajstić information content (AvgIpc) is 2.34. The van der Waals surface area contributed by atoms with Crippen LogP contribution in [0.5, 0.6) is 0 Å². The van der Waals surface area contributed by atoms with Crippen LogP contribution in [0.4, 0.5) is 0 Å². The second kappa shape index (κ2) is 3.23. The summed E-state index contributed by atoms with van der Waals surface area (Å²) in [5, 5.41) is 0. The Bertz CT molecular complexity index is 214. The van der Waals surface area contributed by atoms with Gasteiger partial charge >= 0.3 is 0 Å². The first-order valence-corrected chi connectivity index (χ1v) is 3.91. The van der Waals surface area contributed by atoms with E-state index in [0.717, 1.165) is 0 Å². The predicted octanol–water partition coefficient (Wildman–Crippen LogP) is -0.143. The lowest BCUT2D eigenvalue weighted by molar-refractivity contribution is -0.132. The minimum absolute atomic E-state index is 0.103. The van der Waals surface area contributed by atoms with Crippen molar-refractivity contribution in [2.24, 2.45) is 11.1 Å². The van der Waals surface area contributed by atoms with Crippen LogP contribution >= 0.6 is 0 Å². The van der Waals surface area contributed by atoms with Gasteiger partial charge in [0.15, 0.2) is 0 Å². The van der Waals surface area contributed by atoms with Crippen molar-refractivity contribution in [2.45, 2.75) is 19.3 Å². The number of primary amides is 1. The van der Waals surface area contributed by atoms with Gasteiger partial charge < -0.3 is 10.5 Å². The highest BCUT2D eigenvalue weighted by Crippen LogP contribution is 2.35. The monoisotopic (exact) mass is 171 g/mol. The third-order valence-corrected chi connectivity index (χ3v) is 2.36. The van der Waals surface area contributed by atoms with E-state index in [-0.39, 0.29) is 18.8 Å². The number of amides is 1. The summed E-state index contributed by atoms with van der Waals surface area (Å²) in [6, 6.07) is 0. The Balaban J connectivity index is 2.74. The number of hydrogen-bond donors (Lipinski definition) is 1. The quantitative estimate of drug-likeness (QED) is 0.642. The van der Waals surface area contributed by atoms with Crippen LogP contribution in [0.1, 0.15) is 19.3 Å². The molecule has 4 nitrogen and oxygen atoms in total. The number of methoxy groups -OCH3 is 1. The summed E-state index contributed by atoms with van der Waals surface area (Å²) in [6.45, 7) is 0.258. The molecule has 1 aliphatic carbocycles. The highest BCUT2D eigenvalue weighted by molar-refractivity contribution is 5.92. The van der Waals surface area contributed by atoms with E-state index in [1.807, 2.05) is 0 Å². The molecule has 0 aromatic carbocycles. The molecule has 0 aliphatic heterocycles. The van der Waals surface area contributed by atoms with Crippen LogP contribution in [0.3, 0.4) is 0 Å². The fraction of sp³-hybridized carbons (Fsp3) is 0.750. The van der Waals surface area contributed by atoms with Crippen molar-refractivity contribution < 1.29 is 14.3 Å². The molecule has 0 bridgehead atoms. The summed E-state index contributed by atoms with van der Waals surface area (Å²) in [6.07, 6.45) is 1.23. The lowest BCUT2D eigenvalue weighted by Gasteiger charge is -2.22. The number of ketones is 1. The fourth-order valence-corrected chi connectivity index (χ4v) is 1.61. The van der Waals surface area contributed by atoms with E-state index in [1.54, 1.807) is 0 Å². The van der Waals surface area contributed by atoms with E-state index >= 15 is 0 Å². The molecular formula is C8H13NO3. The normalized spacial score (nSPS) is 29.2. The number of nitrogens with two attached hydrogens (primary N) is 1. The van der Waals surface area contributed by atoms with Crippen molar-refractivity contribution in [1.29, 1.82) is 0 Å². The molecule has 1 aliphatic rings. The molecule has 4 heteroatoms. The van der Waals surface area contributed by atoms with Crippen molar-refractivity contribution in [3.05, 3.63) is 0 Å². The Kier molecular flexibility index (Phi) is 2.47. The molecule has 1 rings (SSSR count). The number of Topliss-reactive ketones (excluding diaryl/α,β-unsaturated/α-hetero) is 1. The number of hydrogen-bond acceptors (Lipinski definition) is 3. The standard InChI is InChI=1S/C8H13NO3/c1-12-5-8(7(9)11)3-2-6(10)4-8/h2-5H2,1H3,(H2,9,11). The van der Waals surface area contributed by atoms with Gasteiger partial charge in [0.1, 0.15) is 5.78 Å². The topological polar surface area (TPSA) is 69.4 Å². The van der Waals surface area contributed by atoms with Crippen LogP contribution in [0.15, 0.2) is 0 Å². The first kappa shape index (κ1) is 9.19. The SMILES string of the molecule is COCC1(C(N)=O)CCC(=O)C1. The minimum Gasteiger partial charge on any atom is -0.384 e. The number of carbonyl (C=O) groups is 2. The van der Waals surface area contributed by atoms with Gasteiger partial charge in [0.25, 0.3) is 0 Å². The summed E-state index contributed by atoms with van der Waals surface area (Å²) in [7, 11) is 1.51. The summed E-state index contributed by atoms with van der Waals surface area (Å²) in [5.74, 6) is -0.318. The molecule has 1 atom stereocenters. The second-order valence-electron chi connectivity index (χ2n) is 3.29. The van der Waals surface area contributed by atoms with Crippen LogP contribution < -0.4 is 5.73 Å². The maximum atomic E-state index is 11.0. The van der Waals surface area contributed by atoms with Gasteiger partial charge in [-0.2, -0.15) is 0 Å². The van der Waals surface area contributed by atoms with Gasteiger partial charge in [-0.25, -0.2) is 0 Å². The van der Waals surface area contributed by atoms with Crippen LogP contribution in [0, 0.1) is 5.41 Å². The molecule has 1 fully saturated rings. The Morgan fingerprint density at radius 3 is 2.75 bits per heavy atom. The Hall–Kier alpha value is -0.900. The zero-order valence-electron chi connectivity index (χ0n) is 7.13. The molecule has 1 saturated carbocycles. The van der Waals surface area contributed by atoms with Gasteiger partial charge in [-0.05, 0) is 6.42 Å².